The number of aromatic nitrogens is 1. The van der Waals surface area contributed by atoms with E-state index in [2.05, 4.69) is 4.98 Å². The number of nitrogens with zero attached hydrogens (tertiary/aromatic N) is 3. The Hall–Kier alpha value is -3.89. The van der Waals surface area contributed by atoms with Crippen molar-refractivity contribution in [2.24, 2.45) is 5.73 Å². The van der Waals surface area contributed by atoms with Crippen LogP contribution in [0, 0.1) is 0 Å². The van der Waals surface area contributed by atoms with Crippen molar-refractivity contribution in [2.45, 2.75) is 26.2 Å². The highest BCUT2D eigenvalue weighted by molar-refractivity contribution is 6.03. The molecule has 1 saturated heterocycles. The first kappa shape index (κ1) is 24.7. The maximum absolute atomic E-state index is 13.0. The van der Waals surface area contributed by atoms with Crippen molar-refractivity contribution in [2.75, 3.05) is 39.4 Å². The quantitative estimate of drug-likeness (QED) is 0.520. The van der Waals surface area contributed by atoms with Crippen molar-refractivity contribution in [1.29, 1.82) is 0 Å². The van der Waals surface area contributed by atoms with Crippen molar-refractivity contribution < 1.29 is 33.8 Å². The molecular weight excluding hydrogens is 444 g/mol. The molecule has 1 fully saturated rings. The van der Waals surface area contributed by atoms with Crippen LogP contribution in [0.25, 0.3) is 10.9 Å². The number of primary amides is 1. The van der Waals surface area contributed by atoms with Crippen LogP contribution in [0.2, 0.25) is 0 Å². The van der Waals surface area contributed by atoms with E-state index in [-0.39, 0.29) is 55.4 Å². The smallest absolute Gasteiger partial charge is 0.409 e. The molecule has 1 aliphatic rings. The van der Waals surface area contributed by atoms with Crippen molar-refractivity contribution in [1.82, 2.24) is 14.8 Å². The SMILES string of the molecule is CCOC(=O)N1CCN(C(=O)Cc2nc3ccccc3c(OCCCC(=O)O)c2C(N)=O)CC1. The molecule has 11 nitrogen and oxygen atoms in total. The number of hydrogen-bond donors (Lipinski definition) is 2. The molecule has 2 aromatic rings. The Kier molecular flexibility index (Phi) is 8.23. The third-order valence-electron chi connectivity index (χ3n) is 5.42. The summed E-state index contributed by atoms with van der Waals surface area (Å²) >= 11 is 0. The topological polar surface area (TPSA) is 152 Å². The Labute approximate surface area is 196 Å². The van der Waals surface area contributed by atoms with Gasteiger partial charge in [0.25, 0.3) is 5.91 Å². The zero-order valence-electron chi connectivity index (χ0n) is 19.0. The summed E-state index contributed by atoms with van der Waals surface area (Å²) in [6.07, 6.45) is -0.429. The monoisotopic (exact) mass is 472 g/mol. The van der Waals surface area contributed by atoms with Gasteiger partial charge in [0.1, 0.15) is 11.3 Å². The summed E-state index contributed by atoms with van der Waals surface area (Å²) in [5, 5.41) is 9.40. The third kappa shape index (κ3) is 5.91. The third-order valence-corrected chi connectivity index (χ3v) is 5.42. The van der Waals surface area contributed by atoms with Crippen LogP contribution in [0.4, 0.5) is 4.79 Å². The molecule has 182 valence electrons. The first-order chi connectivity index (χ1) is 16.3. The van der Waals surface area contributed by atoms with Gasteiger partial charge in [-0.1, -0.05) is 12.1 Å². The molecule has 0 bridgehead atoms. The van der Waals surface area contributed by atoms with E-state index in [9.17, 15) is 19.2 Å². The number of fused-ring (bicyclic) bond motifs is 1. The number of carboxylic acid groups (broad SMARTS) is 1. The number of ether oxygens (including phenoxy) is 2. The normalized spacial score (nSPS) is 13.6. The van der Waals surface area contributed by atoms with E-state index >= 15 is 0 Å². The van der Waals surface area contributed by atoms with Crippen molar-refractivity contribution in [3.05, 3.63) is 35.5 Å². The fourth-order valence-electron chi connectivity index (χ4n) is 3.77. The lowest BCUT2D eigenvalue weighted by Crippen LogP contribution is -2.51. The lowest BCUT2D eigenvalue weighted by atomic mass is 10.0. The summed E-state index contributed by atoms with van der Waals surface area (Å²) in [4.78, 5) is 55.8. The van der Waals surface area contributed by atoms with Crippen LogP contribution >= 0.6 is 0 Å². The highest BCUT2D eigenvalue weighted by Gasteiger charge is 2.28. The number of rotatable bonds is 9. The van der Waals surface area contributed by atoms with Gasteiger partial charge < -0.3 is 30.1 Å². The summed E-state index contributed by atoms with van der Waals surface area (Å²) in [6, 6.07) is 6.98. The van der Waals surface area contributed by atoms with Gasteiger partial charge in [0.15, 0.2) is 0 Å². The van der Waals surface area contributed by atoms with Gasteiger partial charge in [-0.15, -0.1) is 0 Å². The van der Waals surface area contributed by atoms with Crippen LogP contribution < -0.4 is 10.5 Å². The zero-order valence-corrected chi connectivity index (χ0v) is 19.0. The average Bonchev–Trinajstić information content (AvgIpc) is 2.81. The first-order valence-electron chi connectivity index (χ1n) is 11.1. The van der Waals surface area contributed by atoms with E-state index in [1.807, 2.05) is 0 Å². The van der Waals surface area contributed by atoms with E-state index in [0.29, 0.717) is 37.1 Å². The van der Waals surface area contributed by atoms with E-state index in [1.54, 1.807) is 41.0 Å². The first-order valence-corrected chi connectivity index (χ1v) is 11.1. The Morgan fingerprint density at radius 2 is 1.76 bits per heavy atom. The minimum atomic E-state index is -0.951. The van der Waals surface area contributed by atoms with Gasteiger partial charge in [0.2, 0.25) is 5.91 Å². The molecule has 0 atom stereocenters. The lowest BCUT2D eigenvalue weighted by Gasteiger charge is -2.34. The van der Waals surface area contributed by atoms with E-state index in [1.165, 1.54) is 0 Å². The average molecular weight is 472 g/mol. The van der Waals surface area contributed by atoms with E-state index < -0.39 is 18.0 Å². The summed E-state index contributed by atoms with van der Waals surface area (Å²) in [7, 11) is 0. The molecule has 3 N–H and O–H groups in total. The van der Waals surface area contributed by atoms with Crippen LogP contribution in [-0.4, -0.2) is 83.2 Å². The summed E-state index contributed by atoms with van der Waals surface area (Å²) in [6.45, 7) is 3.42. The molecular formula is C23H28N4O7. The second-order valence-electron chi connectivity index (χ2n) is 7.73. The maximum Gasteiger partial charge on any atom is 0.409 e. The fraction of sp³-hybridized carbons (Fsp3) is 0.435. The molecule has 1 aromatic carbocycles. The molecule has 0 unspecified atom stereocenters. The summed E-state index contributed by atoms with van der Waals surface area (Å²) < 4.78 is 10.8. The van der Waals surface area contributed by atoms with Crippen LogP contribution in [0.5, 0.6) is 5.75 Å². The zero-order chi connectivity index (χ0) is 24.7. The Bertz CT molecular complexity index is 1080. The number of para-hydroxylation sites is 1. The summed E-state index contributed by atoms with van der Waals surface area (Å²) in [5.74, 6) is -1.81. The Morgan fingerprint density at radius 3 is 2.41 bits per heavy atom. The number of benzene rings is 1. The van der Waals surface area contributed by atoms with Crippen LogP contribution in [0.3, 0.4) is 0 Å². The summed E-state index contributed by atoms with van der Waals surface area (Å²) in [5.41, 5.74) is 6.38. The number of piperazine rings is 1. The fourth-order valence-corrected chi connectivity index (χ4v) is 3.77. The largest absolute Gasteiger partial charge is 0.492 e. The molecule has 1 aromatic heterocycles. The number of carbonyl (C=O) groups is 4. The Balaban J connectivity index is 1.82. The Morgan fingerprint density at radius 1 is 1.09 bits per heavy atom. The van der Waals surface area contributed by atoms with Gasteiger partial charge in [-0.2, -0.15) is 0 Å². The van der Waals surface area contributed by atoms with Gasteiger partial charge in [-0.3, -0.25) is 19.4 Å². The predicted molar refractivity (Wildman–Crippen MR) is 122 cm³/mol. The second kappa shape index (κ2) is 11.3. The standard InChI is InChI=1S/C23H28N4O7/c1-2-33-23(32)27-11-9-26(10-12-27)18(28)14-17-20(22(24)31)21(34-13-5-8-19(29)30)15-6-3-4-7-16(15)25-17/h3-4,6-7H,2,5,8-14H2,1H3,(H2,24,31)(H,29,30). The van der Waals surface area contributed by atoms with Gasteiger partial charge in [-0.05, 0) is 25.5 Å². The van der Waals surface area contributed by atoms with Gasteiger partial charge >= 0.3 is 12.1 Å². The molecule has 0 saturated carbocycles. The number of carbonyl (C=O) groups excluding carboxylic acids is 3. The van der Waals surface area contributed by atoms with Crippen molar-refractivity contribution in [3.63, 3.8) is 0 Å². The van der Waals surface area contributed by atoms with Crippen LogP contribution in [0.15, 0.2) is 24.3 Å². The second-order valence-corrected chi connectivity index (χ2v) is 7.73. The van der Waals surface area contributed by atoms with Crippen LogP contribution in [0.1, 0.15) is 35.8 Å². The molecule has 34 heavy (non-hydrogen) atoms. The van der Waals surface area contributed by atoms with E-state index in [4.69, 9.17) is 20.3 Å². The molecule has 3 amide bonds. The number of pyridine rings is 1. The van der Waals surface area contributed by atoms with Crippen molar-refractivity contribution >= 4 is 34.8 Å². The lowest BCUT2D eigenvalue weighted by molar-refractivity contribution is -0.137. The van der Waals surface area contributed by atoms with E-state index in [0.717, 1.165) is 0 Å². The number of amides is 3. The molecule has 11 heteroatoms. The van der Waals surface area contributed by atoms with Gasteiger partial charge in [-0.25, -0.2) is 4.79 Å². The number of hydrogen-bond acceptors (Lipinski definition) is 7. The minimum Gasteiger partial charge on any atom is -0.492 e. The van der Waals surface area contributed by atoms with Gasteiger partial charge in [0, 0.05) is 38.0 Å². The molecule has 0 aliphatic carbocycles. The molecule has 1 aliphatic heterocycles. The number of aliphatic carboxylic acids is 1. The molecule has 2 heterocycles. The molecule has 0 spiro atoms. The highest BCUT2D eigenvalue weighted by atomic mass is 16.6. The molecule has 0 radical (unpaired) electrons. The molecule has 3 rings (SSSR count). The maximum atomic E-state index is 13.0. The number of nitrogens with two attached hydrogens (primary N) is 1. The highest BCUT2D eigenvalue weighted by Crippen LogP contribution is 2.31. The number of carboxylic acids is 1. The van der Waals surface area contributed by atoms with Crippen LogP contribution in [-0.2, 0) is 20.7 Å². The minimum absolute atomic E-state index is 0.00698. The van der Waals surface area contributed by atoms with Gasteiger partial charge in [0.05, 0.1) is 30.8 Å². The van der Waals surface area contributed by atoms with Crippen molar-refractivity contribution in [3.8, 4) is 5.75 Å². The predicted octanol–water partition coefficient (Wildman–Crippen LogP) is 1.42.